The van der Waals surface area contributed by atoms with Crippen molar-refractivity contribution in [1.82, 2.24) is 15.0 Å². The van der Waals surface area contributed by atoms with Crippen LogP contribution < -0.4 is 10.6 Å². The molecule has 0 atom stereocenters. The second-order valence-electron chi connectivity index (χ2n) is 7.37. The average Bonchev–Trinajstić information content (AvgIpc) is 2.83. The Morgan fingerprint density at radius 3 is 1.09 bits per heavy atom. The van der Waals surface area contributed by atoms with Crippen LogP contribution >= 0.6 is 15.2 Å². The summed E-state index contributed by atoms with van der Waals surface area (Å²) in [6.07, 6.45) is 0. The minimum Gasteiger partial charge on any atom is -0.478 e. The van der Waals surface area contributed by atoms with E-state index in [1.165, 1.54) is 72.8 Å². The summed E-state index contributed by atoms with van der Waals surface area (Å²) in [6, 6.07) is 16.7. The second kappa shape index (κ2) is 9.24. The van der Waals surface area contributed by atoms with E-state index in [4.69, 9.17) is 5.11 Å². The fourth-order valence-corrected chi connectivity index (χ4v) is 4.21. The smallest absolute Gasteiger partial charge is 0.356 e. The van der Waals surface area contributed by atoms with Gasteiger partial charge in [0.05, 0.1) is 16.2 Å². The van der Waals surface area contributed by atoms with Crippen molar-refractivity contribution in [2.45, 2.75) is 0 Å². The molecule has 0 unspecified atom stereocenters. The average molecular weight is 513 g/mol. The number of carboxylic acids is 1. The molecule has 1 aromatic heterocycles. The molecule has 4 aromatic rings. The fraction of sp³-hybridized carbons (Fsp3) is 0. The summed E-state index contributed by atoms with van der Waals surface area (Å²) in [5, 5.41) is 8.79. The van der Waals surface area contributed by atoms with Crippen LogP contribution in [-0.2, 0) is 9.13 Å². The molecule has 0 aliphatic rings. The Morgan fingerprint density at radius 1 is 0.543 bits per heavy atom. The monoisotopic (exact) mass is 513 g/mol. The Bertz CT molecular complexity index is 1410. The summed E-state index contributed by atoms with van der Waals surface area (Å²) < 4.78 is 23.0. The van der Waals surface area contributed by atoms with Gasteiger partial charge in [-0.1, -0.05) is 36.4 Å². The second-order valence-corrected chi connectivity index (χ2v) is 10.6. The van der Waals surface area contributed by atoms with Gasteiger partial charge in [-0.3, -0.25) is 9.13 Å². The van der Waals surface area contributed by atoms with Gasteiger partial charge in [0, 0.05) is 16.7 Å². The highest BCUT2D eigenvalue weighted by molar-refractivity contribution is 7.60. The van der Waals surface area contributed by atoms with E-state index in [1.54, 1.807) is 0 Å². The first-order valence-corrected chi connectivity index (χ1v) is 13.1. The Labute approximate surface area is 198 Å². The van der Waals surface area contributed by atoms with Crippen LogP contribution in [0.3, 0.4) is 0 Å². The Balaban J connectivity index is 1.84. The predicted octanol–water partition coefficient (Wildman–Crippen LogP) is 2.18. The molecular weight excluding hydrogens is 496 g/mol. The minimum absolute atomic E-state index is 0.0734. The lowest BCUT2D eigenvalue weighted by molar-refractivity contribution is 0.0696. The quantitative estimate of drug-likeness (QED) is 0.237. The molecule has 5 N–H and O–H groups in total. The third-order valence-corrected chi connectivity index (χ3v) is 6.89. The van der Waals surface area contributed by atoms with Crippen LogP contribution in [0.15, 0.2) is 72.8 Å². The molecular formula is C22H17N3O8P2. The highest BCUT2D eigenvalue weighted by atomic mass is 31.2. The number of benzene rings is 3. The van der Waals surface area contributed by atoms with Crippen molar-refractivity contribution >= 4 is 31.8 Å². The molecule has 0 spiro atoms. The van der Waals surface area contributed by atoms with Gasteiger partial charge < -0.3 is 24.7 Å². The Morgan fingerprint density at radius 2 is 0.829 bits per heavy atom. The molecule has 3 aromatic carbocycles. The lowest BCUT2D eigenvalue weighted by atomic mass is 10.1. The number of aromatic nitrogens is 3. The largest absolute Gasteiger partial charge is 0.478 e. The maximum Gasteiger partial charge on any atom is 0.356 e. The fourth-order valence-electron chi connectivity index (χ4n) is 3.13. The summed E-state index contributed by atoms with van der Waals surface area (Å²) in [7, 11) is -8.88. The molecule has 0 saturated carbocycles. The molecule has 11 nitrogen and oxygen atoms in total. The molecule has 178 valence electrons. The number of carboxylic acid groups (broad SMARTS) is 1. The van der Waals surface area contributed by atoms with Crippen molar-refractivity contribution in [2.24, 2.45) is 0 Å². The van der Waals surface area contributed by atoms with E-state index in [2.05, 4.69) is 15.0 Å². The van der Waals surface area contributed by atoms with Gasteiger partial charge in [-0.05, 0) is 36.4 Å². The lowest BCUT2D eigenvalue weighted by Gasteiger charge is -2.10. The molecule has 0 aliphatic heterocycles. The number of carbonyl (C=O) groups is 1. The predicted molar refractivity (Wildman–Crippen MR) is 126 cm³/mol. The topological polar surface area (TPSA) is 191 Å². The molecule has 4 rings (SSSR count). The van der Waals surface area contributed by atoms with E-state index in [0.717, 1.165) is 0 Å². The zero-order valence-electron chi connectivity index (χ0n) is 17.6. The standard InChI is InChI=1S/C22H17N3O8P2/c26-22(27)16-3-1-13(2-4-16)19-23-20(14-5-9-17(10-6-14)34(28,29)30)25-21(24-19)15-7-11-18(12-8-15)35(31,32)33/h1-12H,(H,26,27)(H2,28,29,30)(H2,31,32,33). The van der Waals surface area contributed by atoms with Crippen LogP contribution in [-0.4, -0.2) is 45.6 Å². The van der Waals surface area contributed by atoms with Crippen molar-refractivity contribution < 1.29 is 38.6 Å². The van der Waals surface area contributed by atoms with Gasteiger partial charge in [-0.2, -0.15) is 0 Å². The summed E-state index contributed by atoms with van der Waals surface area (Å²) in [4.78, 5) is 61.9. The van der Waals surface area contributed by atoms with Crippen LogP contribution in [0, 0.1) is 0 Å². The zero-order chi connectivity index (χ0) is 25.4. The first-order valence-electron chi connectivity index (χ1n) is 9.85. The van der Waals surface area contributed by atoms with Crippen LogP contribution in [0.5, 0.6) is 0 Å². The summed E-state index contributed by atoms with van der Waals surface area (Å²) in [5.74, 6) is -0.559. The number of nitrogens with zero attached hydrogens (tertiary/aromatic N) is 3. The first kappa shape index (κ1) is 24.6. The van der Waals surface area contributed by atoms with Gasteiger partial charge in [0.25, 0.3) is 0 Å². The van der Waals surface area contributed by atoms with Gasteiger partial charge in [0.1, 0.15) is 0 Å². The van der Waals surface area contributed by atoms with E-state index in [1.807, 2.05) is 0 Å². The van der Waals surface area contributed by atoms with Crippen molar-refractivity contribution in [3.8, 4) is 34.2 Å². The van der Waals surface area contributed by atoms with Gasteiger partial charge in [0.2, 0.25) is 0 Å². The van der Waals surface area contributed by atoms with E-state index in [-0.39, 0.29) is 33.6 Å². The highest BCUT2D eigenvalue weighted by Crippen LogP contribution is 2.35. The molecule has 0 amide bonds. The van der Waals surface area contributed by atoms with Crippen LogP contribution in [0.1, 0.15) is 10.4 Å². The molecule has 0 aliphatic carbocycles. The normalized spacial score (nSPS) is 11.9. The Hall–Kier alpha value is -3.56. The number of rotatable bonds is 6. The maximum atomic E-state index is 11.5. The van der Waals surface area contributed by atoms with Gasteiger partial charge in [0.15, 0.2) is 17.5 Å². The van der Waals surface area contributed by atoms with E-state index < -0.39 is 21.2 Å². The van der Waals surface area contributed by atoms with E-state index >= 15 is 0 Å². The number of hydrogen-bond acceptors (Lipinski definition) is 6. The molecule has 1 heterocycles. The molecule has 0 radical (unpaired) electrons. The van der Waals surface area contributed by atoms with Crippen LogP contribution in [0.25, 0.3) is 34.2 Å². The number of aromatic carboxylic acids is 1. The Kier molecular flexibility index (Phi) is 6.48. The van der Waals surface area contributed by atoms with E-state index in [9.17, 15) is 33.5 Å². The highest BCUT2D eigenvalue weighted by Gasteiger charge is 2.19. The molecule has 35 heavy (non-hydrogen) atoms. The summed E-state index contributed by atoms with van der Waals surface area (Å²) in [5.41, 5.74) is 1.42. The van der Waals surface area contributed by atoms with Crippen LogP contribution in [0.2, 0.25) is 0 Å². The minimum atomic E-state index is -4.44. The molecule has 0 saturated heterocycles. The molecule has 0 bridgehead atoms. The third kappa shape index (κ3) is 5.58. The van der Waals surface area contributed by atoms with Crippen molar-refractivity contribution in [3.05, 3.63) is 78.4 Å². The molecule has 0 fully saturated rings. The molecule has 13 heteroatoms. The van der Waals surface area contributed by atoms with Crippen molar-refractivity contribution in [2.75, 3.05) is 0 Å². The number of hydrogen-bond donors (Lipinski definition) is 5. The summed E-state index contributed by atoms with van der Waals surface area (Å²) in [6.45, 7) is 0. The summed E-state index contributed by atoms with van der Waals surface area (Å²) >= 11 is 0. The van der Waals surface area contributed by atoms with Gasteiger partial charge in [-0.25, -0.2) is 19.7 Å². The lowest BCUT2D eigenvalue weighted by Crippen LogP contribution is -2.05. The van der Waals surface area contributed by atoms with Crippen molar-refractivity contribution in [1.29, 1.82) is 0 Å². The van der Waals surface area contributed by atoms with Crippen LogP contribution in [0.4, 0.5) is 0 Å². The first-order chi connectivity index (χ1) is 16.4. The zero-order valence-corrected chi connectivity index (χ0v) is 19.4. The maximum absolute atomic E-state index is 11.5. The SMILES string of the molecule is O=C(O)c1ccc(-c2nc(-c3ccc(P(=O)(O)O)cc3)nc(-c3ccc(P(=O)(O)O)cc3)n2)cc1. The van der Waals surface area contributed by atoms with E-state index in [0.29, 0.717) is 16.7 Å². The van der Waals surface area contributed by atoms with Gasteiger partial charge >= 0.3 is 21.2 Å². The van der Waals surface area contributed by atoms with Gasteiger partial charge in [-0.15, -0.1) is 0 Å². The third-order valence-electron chi connectivity index (χ3n) is 4.95. The van der Waals surface area contributed by atoms with Crippen molar-refractivity contribution in [3.63, 3.8) is 0 Å².